The first-order valence-corrected chi connectivity index (χ1v) is 12.3. The van der Waals surface area contributed by atoms with Gasteiger partial charge in [0.1, 0.15) is 0 Å². The van der Waals surface area contributed by atoms with Crippen LogP contribution in [0.25, 0.3) is 12.2 Å². The number of hydrogen-bond acceptors (Lipinski definition) is 6. The van der Waals surface area contributed by atoms with E-state index in [4.69, 9.17) is 18.9 Å². The molecular weight excluding hydrogens is 516 g/mol. The summed E-state index contributed by atoms with van der Waals surface area (Å²) in [7, 11) is 1.41. The predicted molar refractivity (Wildman–Crippen MR) is 130 cm³/mol. The van der Waals surface area contributed by atoms with E-state index in [0.29, 0.717) is 40.5 Å². The molecule has 3 aromatic carbocycles. The fourth-order valence-electron chi connectivity index (χ4n) is 3.65. The summed E-state index contributed by atoms with van der Waals surface area (Å²) in [4.78, 5) is -0.341. The molecule has 0 atom stereocenters. The quantitative estimate of drug-likeness (QED) is 0.244. The van der Waals surface area contributed by atoms with Crippen LogP contribution in [0.5, 0.6) is 23.0 Å². The lowest BCUT2D eigenvalue weighted by atomic mass is 10.0. The van der Waals surface area contributed by atoms with Crippen molar-refractivity contribution in [1.82, 2.24) is 0 Å². The van der Waals surface area contributed by atoms with Crippen molar-refractivity contribution in [2.24, 2.45) is 0 Å². The van der Waals surface area contributed by atoms with E-state index in [9.17, 15) is 26.0 Å². The summed E-state index contributed by atoms with van der Waals surface area (Å²) < 4.78 is 100. The molecule has 3 rings (SSSR count). The van der Waals surface area contributed by atoms with Gasteiger partial charge in [-0.3, -0.25) is 0 Å². The highest BCUT2D eigenvalue weighted by atomic mass is 32.2. The Hall–Kier alpha value is -3.73. The number of rotatable bonds is 9. The molecule has 0 N–H and O–H groups in total. The highest BCUT2D eigenvalue weighted by Crippen LogP contribution is 2.39. The van der Waals surface area contributed by atoms with Crippen LogP contribution in [-0.2, 0) is 21.8 Å². The fourth-order valence-corrected chi connectivity index (χ4v) is 5.04. The Morgan fingerprint density at radius 1 is 0.784 bits per heavy atom. The summed E-state index contributed by atoms with van der Waals surface area (Å²) >= 11 is 0. The average Bonchev–Trinajstić information content (AvgIpc) is 2.87. The van der Waals surface area contributed by atoms with Crippen LogP contribution >= 0.6 is 0 Å². The van der Waals surface area contributed by atoms with Crippen molar-refractivity contribution in [1.29, 1.82) is 0 Å². The molecule has 0 aromatic heterocycles. The number of methoxy groups -OCH3 is 4. The molecule has 0 saturated carbocycles. The second kappa shape index (κ2) is 11.1. The maximum Gasteiger partial charge on any atom is 0.416 e. The SMILES string of the molecule is COc1cc(/C=C\c2ccc(F)c(OC)c2CS(=O)(=O)c2ccc(C(F)(F)F)cc2)cc(OC)c1OC. The molecule has 0 saturated heterocycles. The van der Waals surface area contributed by atoms with Crippen LogP contribution in [0, 0.1) is 5.82 Å². The Kier molecular flexibility index (Phi) is 8.37. The lowest BCUT2D eigenvalue weighted by molar-refractivity contribution is -0.137. The molecule has 11 heteroatoms. The molecule has 0 aliphatic heterocycles. The first-order chi connectivity index (χ1) is 17.4. The summed E-state index contributed by atoms with van der Waals surface area (Å²) in [5, 5.41) is 0. The monoisotopic (exact) mass is 540 g/mol. The fraction of sp³-hybridized carbons (Fsp3) is 0.231. The van der Waals surface area contributed by atoms with Gasteiger partial charge in [-0.1, -0.05) is 18.2 Å². The molecule has 0 unspecified atom stereocenters. The highest BCUT2D eigenvalue weighted by molar-refractivity contribution is 7.90. The van der Waals surface area contributed by atoms with E-state index in [1.165, 1.54) is 34.5 Å². The van der Waals surface area contributed by atoms with Crippen LogP contribution < -0.4 is 18.9 Å². The smallest absolute Gasteiger partial charge is 0.416 e. The summed E-state index contributed by atoms with van der Waals surface area (Å²) in [6.45, 7) is 0. The van der Waals surface area contributed by atoms with Gasteiger partial charge in [0, 0.05) is 5.56 Å². The van der Waals surface area contributed by atoms with E-state index in [-0.39, 0.29) is 16.2 Å². The van der Waals surface area contributed by atoms with Crippen LogP contribution in [-0.4, -0.2) is 36.9 Å². The molecule has 0 aliphatic rings. The van der Waals surface area contributed by atoms with Crippen molar-refractivity contribution in [2.75, 3.05) is 28.4 Å². The Labute approximate surface area is 212 Å². The Bertz CT molecular complexity index is 1370. The molecule has 0 bridgehead atoms. The predicted octanol–water partition coefficient (Wildman–Crippen LogP) is 6.02. The zero-order chi connectivity index (χ0) is 27.4. The maximum absolute atomic E-state index is 14.5. The molecule has 0 radical (unpaired) electrons. The zero-order valence-electron chi connectivity index (χ0n) is 20.4. The van der Waals surface area contributed by atoms with Crippen LogP contribution in [0.2, 0.25) is 0 Å². The van der Waals surface area contributed by atoms with Crippen LogP contribution in [0.4, 0.5) is 17.6 Å². The van der Waals surface area contributed by atoms with Gasteiger partial charge in [0.05, 0.1) is 44.7 Å². The van der Waals surface area contributed by atoms with Crippen LogP contribution in [0.1, 0.15) is 22.3 Å². The molecule has 198 valence electrons. The number of ether oxygens (including phenoxy) is 4. The number of sulfone groups is 1. The molecule has 37 heavy (non-hydrogen) atoms. The van der Waals surface area contributed by atoms with Crippen LogP contribution in [0.15, 0.2) is 53.4 Å². The zero-order valence-corrected chi connectivity index (χ0v) is 21.2. The van der Waals surface area contributed by atoms with Gasteiger partial charge in [-0.15, -0.1) is 0 Å². The van der Waals surface area contributed by atoms with E-state index in [0.717, 1.165) is 18.2 Å². The molecule has 6 nitrogen and oxygen atoms in total. The van der Waals surface area contributed by atoms with Gasteiger partial charge in [0.15, 0.2) is 32.9 Å². The lowest BCUT2D eigenvalue weighted by Crippen LogP contribution is -2.10. The molecule has 0 heterocycles. The average molecular weight is 541 g/mol. The van der Waals surface area contributed by atoms with Crippen molar-refractivity contribution < 1.29 is 44.9 Å². The van der Waals surface area contributed by atoms with Crippen molar-refractivity contribution >= 4 is 22.0 Å². The van der Waals surface area contributed by atoms with E-state index in [1.54, 1.807) is 24.3 Å². The van der Waals surface area contributed by atoms with Gasteiger partial charge in [-0.2, -0.15) is 13.2 Å². The van der Waals surface area contributed by atoms with E-state index < -0.39 is 33.1 Å². The van der Waals surface area contributed by atoms with Crippen LogP contribution in [0.3, 0.4) is 0 Å². The lowest BCUT2D eigenvalue weighted by Gasteiger charge is -2.15. The van der Waals surface area contributed by atoms with Gasteiger partial charge in [-0.05, 0) is 53.6 Å². The van der Waals surface area contributed by atoms with E-state index in [2.05, 4.69) is 0 Å². The Balaban J connectivity index is 2.04. The standard InChI is InChI=1S/C26H24F4O6S/c1-33-22-13-16(14-23(34-2)25(22)36-4)5-6-17-7-12-21(27)24(35-3)20(17)15-37(31,32)19-10-8-18(9-11-19)26(28,29)30/h5-14H,15H2,1-4H3/b6-5-. The first kappa shape index (κ1) is 27.9. The number of benzene rings is 3. The minimum atomic E-state index is -4.61. The summed E-state index contributed by atoms with van der Waals surface area (Å²) in [5.41, 5.74) is -0.0494. The minimum absolute atomic E-state index is 0.00564. The van der Waals surface area contributed by atoms with E-state index in [1.807, 2.05) is 0 Å². The molecule has 0 aliphatic carbocycles. The molecule has 0 spiro atoms. The Morgan fingerprint density at radius 3 is 1.84 bits per heavy atom. The number of hydrogen-bond donors (Lipinski definition) is 0. The van der Waals surface area contributed by atoms with E-state index >= 15 is 0 Å². The van der Waals surface area contributed by atoms with Gasteiger partial charge in [0.2, 0.25) is 5.75 Å². The molecule has 3 aromatic rings. The second-order valence-corrected chi connectivity index (χ2v) is 9.71. The third kappa shape index (κ3) is 6.16. The van der Waals surface area contributed by atoms with Gasteiger partial charge < -0.3 is 18.9 Å². The summed E-state index contributed by atoms with van der Waals surface area (Å²) in [6, 6.07) is 8.94. The largest absolute Gasteiger partial charge is 0.493 e. The maximum atomic E-state index is 14.5. The van der Waals surface area contributed by atoms with Gasteiger partial charge >= 0.3 is 6.18 Å². The number of alkyl halides is 3. The third-order valence-electron chi connectivity index (χ3n) is 5.47. The first-order valence-electron chi connectivity index (χ1n) is 10.7. The normalized spacial score (nSPS) is 12.0. The minimum Gasteiger partial charge on any atom is -0.493 e. The summed E-state index contributed by atoms with van der Waals surface area (Å²) in [6.07, 6.45) is -1.43. The topological polar surface area (TPSA) is 71.1 Å². The van der Waals surface area contributed by atoms with Gasteiger partial charge in [0.25, 0.3) is 0 Å². The van der Waals surface area contributed by atoms with Crippen molar-refractivity contribution in [2.45, 2.75) is 16.8 Å². The van der Waals surface area contributed by atoms with Crippen molar-refractivity contribution in [3.05, 3.63) is 76.6 Å². The highest BCUT2D eigenvalue weighted by Gasteiger charge is 2.31. The Morgan fingerprint density at radius 2 is 1.35 bits per heavy atom. The second-order valence-electron chi connectivity index (χ2n) is 7.72. The molecular formula is C26H24F4O6S. The van der Waals surface area contributed by atoms with Crippen molar-refractivity contribution in [3.8, 4) is 23.0 Å². The van der Waals surface area contributed by atoms with Gasteiger partial charge in [-0.25, -0.2) is 12.8 Å². The van der Waals surface area contributed by atoms with Crippen molar-refractivity contribution in [3.63, 3.8) is 0 Å². The summed E-state index contributed by atoms with van der Waals surface area (Å²) in [5.74, 6) is -0.623. The molecule has 0 amide bonds. The molecule has 0 fully saturated rings. The number of halogens is 4. The third-order valence-corrected chi connectivity index (χ3v) is 7.13.